The maximum atomic E-state index is 12.0. The Morgan fingerprint density at radius 2 is 2.14 bits per heavy atom. The third-order valence-electron chi connectivity index (χ3n) is 4.21. The minimum Gasteiger partial charge on any atom is -0.369 e. The van der Waals surface area contributed by atoms with E-state index in [1.54, 1.807) is 0 Å². The highest BCUT2D eigenvalue weighted by Gasteiger charge is 2.22. The lowest BCUT2D eigenvalue weighted by molar-refractivity contribution is 0.241. The minimum atomic E-state index is -0.123. The zero-order chi connectivity index (χ0) is 15.1. The molecule has 0 fully saturated rings. The molecule has 0 aromatic carbocycles. The number of aromatic amines is 1. The molecule has 0 radical (unpaired) electrons. The number of hydrogen-bond acceptors (Lipinski definition) is 5. The van der Waals surface area contributed by atoms with Crippen molar-refractivity contribution in [3.63, 3.8) is 0 Å². The van der Waals surface area contributed by atoms with Crippen molar-refractivity contribution in [2.45, 2.75) is 33.4 Å². The van der Waals surface area contributed by atoms with Crippen molar-refractivity contribution in [3.05, 3.63) is 38.6 Å². The fraction of sp³-hybridized carbons (Fsp3) is 0.500. The molecule has 1 aliphatic heterocycles. The highest BCUT2D eigenvalue weighted by molar-refractivity contribution is 5.28. The first kappa shape index (κ1) is 13.8. The zero-order valence-electron chi connectivity index (χ0n) is 12.6. The van der Waals surface area contributed by atoms with Gasteiger partial charge in [-0.2, -0.15) is 5.10 Å². The fourth-order valence-electron chi connectivity index (χ4n) is 2.91. The Kier molecular flexibility index (Phi) is 3.29. The first-order valence-electron chi connectivity index (χ1n) is 7.04. The molecule has 0 saturated carbocycles. The normalized spacial score (nSPS) is 15.2. The van der Waals surface area contributed by atoms with Crippen LogP contribution in [0.4, 0.5) is 5.95 Å². The van der Waals surface area contributed by atoms with Crippen LogP contribution in [-0.2, 0) is 26.6 Å². The van der Waals surface area contributed by atoms with Crippen LogP contribution >= 0.6 is 0 Å². The van der Waals surface area contributed by atoms with E-state index in [0.717, 1.165) is 36.5 Å². The lowest BCUT2D eigenvalue weighted by Gasteiger charge is -2.27. The maximum Gasteiger partial charge on any atom is 0.257 e. The van der Waals surface area contributed by atoms with Gasteiger partial charge in [0.2, 0.25) is 5.95 Å². The van der Waals surface area contributed by atoms with Gasteiger partial charge in [0.1, 0.15) is 0 Å². The summed E-state index contributed by atoms with van der Waals surface area (Å²) in [5.74, 6) is 0.200. The van der Waals surface area contributed by atoms with E-state index in [2.05, 4.69) is 26.9 Å². The highest BCUT2D eigenvalue weighted by atomic mass is 16.1. The minimum absolute atomic E-state index is 0.123. The van der Waals surface area contributed by atoms with Crippen LogP contribution < -0.4 is 11.3 Å². The van der Waals surface area contributed by atoms with Crippen molar-refractivity contribution < 1.29 is 0 Å². The molecule has 3 heterocycles. The summed E-state index contributed by atoms with van der Waals surface area (Å²) in [7, 11) is 1.95. The molecule has 2 aromatic heterocycles. The Morgan fingerprint density at radius 3 is 2.81 bits per heavy atom. The van der Waals surface area contributed by atoms with E-state index >= 15 is 0 Å². The van der Waals surface area contributed by atoms with Gasteiger partial charge in [0.05, 0.1) is 17.0 Å². The van der Waals surface area contributed by atoms with E-state index < -0.39 is 0 Å². The molecular weight excluding hydrogens is 268 g/mol. The van der Waals surface area contributed by atoms with Crippen molar-refractivity contribution in [2.75, 3.05) is 12.3 Å². The van der Waals surface area contributed by atoms with Gasteiger partial charge in [0, 0.05) is 44.4 Å². The van der Waals surface area contributed by atoms with Gasteiger partial charge in [-0.1, -0.05) is 0 Å². The summed E-state index contributed by atoms with van der Waals surface area (Å²) >= 11 is 0. The third-order valence-corrected chi connectivity index (χ3v) is 4.21. The Labute approximate surface area is 122 Å². The fourth-order valence-corrected chi connectivity index (χ4v) is 2.91. The lowest BCUT2D eigenvalue weighted by atomic mass is 10.1. The van der Waals surface area contributed by atoms with E-state index in [9.17, 15) is 4.79 Å². The number of anilines is 1. The van der Waals surface area contributed by atoms with Crippen LogP contribution in [0.5, 0.6) is 0 Å². The molecule has 1 aliphatic rings. The van der Waals surface area contributed by atoms with Crippen molar-refractivity contribution >= 4 is 5.95 Å². The van der Waals surface area contributed by atoms with E-state index in [-0.39, 0.29) is 11.5 Å². The number of rotatable bonds is 2. The van der Waals surface area contributed by atoms with Gasteiger partial charge in [-0.05, 0) is 13.8 Å². The van der Waals surface area contributed by atoms with Crippen LogP contribution in [0.2, 0.25) is 0 Å². The topological polar surface area (TPSA) is 92.8 Å². The predicted octanol–water partition coefficient (Wildman–Crippen LogP) is 0.261. The molecule has 21 heavy (non-hydrogen) atoms. The monoisotopic (exact) mass is 288 g/mol. The molecule has 0 unspecified atom stereocenters. The SMILES string of the molecule is Cc1nn(C)c(C)c1CN1CCc2nc(N)[nH]c(=O)c2C1. The molecular formula is C14H20N6O. The predicted molar refractivity (Wildman–Crippen MR) is 79.8 cm³/mol. The lowest BCUT2D eigenvalue weighted by Crippen LogP contribution is -2.35. The van der Waals surface area contributed by atoms with Gasteiger partial charge < -0.3 is 5.73 Å². The van der Waals surface area contributed by atoms with Crippen molar-refractivity contribution in [1.29, 1.82) is 0 Å². The summed E-state index contributed by atoms with van der Waals surface area (Å²) in [4.78, 5) is 21.1. The van der Waals surface area contributed by atoms with Crippen molar-refractivity contribution in [1.82, 2.24) is 24.6 Å². The Morgan fingerprint density at radius 1 is 1.38 bits per heavy atom. The van der Waals surface area contributed by atoms with Crippen molar-refractivity contribution in [3.8, 4) is 0 Å². The summed E-state index contributed by atoms with van der Waals surface area (Å²) in [6, 6.07) is 0. The first-order valence-corrected chi connectivity index (χ1v) is 7.04. The molecule has 7 nitrogen and oxygen atoms in total. The molecule has 7 heteroatoms. The number of fused-ring (bicyclic) bond motifs is 1. The smallest absolute Gasteiger partial charge is 0.257 e. The molecule has 3 rings (SSSR count). The summed E-state index contributed by atoms with van der Waals surface area (Å²) in [6.45, 7) is 6.37. The Balaban J connectivity index is 1.85. The van der Waals surface area contributed by atoms with Gasteiger partial charge in [-0.15, -0.1) is 0 Å². The standard InChI is InChI=1S/C14H20N6O/c1-8-10(9(2)19(3)18-8)6-20-5-4-12-11(7-20)13(21)17-14(15)16-12/h4-7H2,1-3H3,(H3,15,16,17,21). The second kappa shape index (κ2) is 5.00. The number of nitrogens with one attached hydrogen (secondary N) is 1. The molecule has 2 aromatic rings. The number of H-pyrrole nitrogens is 1. The van der Waals surface area contributed by atoms with Gasteiger partial charge in [0.15, 0.2) is 0 Å². The number of nitrogens with two attached hydrogens (primary N) is 1. The van der Waals surface area contributed by atoms with E-state index in [1.165, 1.54) is 11.3 Å². The average Bonchev–Trinajstić information content (AvgIpc) is 2.66. The number of aryl methyl sites for hydroxylation is 2. The van der Waals surface area contributed by atoms with Crippen LogP contribution in [-0.4, -0.2) is 31.2 Å². The van der Waals surface area contributed by atoms with Crippen LogP contribution in [0.25, 0.3) is 0 Å². The van der Waals surface area contributed by atoms with Gasteiger partial charge in [-0.25, -0.2) is 4.98 Å². The first-order chi connectivity index (χ1) is 9.95. The van der Waals surface area contributed by atoms with Crippen LogP contribution in [0.3, 0.4) is 0 Å². The third kappa shape index (κ3) is 2.44. The summed E-state index contributed by atoms with van der Waals surface area (Å²) in [6.07, 6.45) is 0.752. The molecule has 3 N–H and O–H groups in total. The van der Waals surface area contributed by atoms with Gasteiger partial charge in [-0.3, -0.25) is 19.4 Å². The number of aromatic nitrogens is 4. The van der Waals surface area contributed by atoms with Crippen LogP contribution in [0.15, 0.2) is 4.79 Å². The van der Waals surface area contributed by atoms with Gasteiger partial charge in [0.25, 0.3) is 5.56 Å². The summed E-state index contributed by atoms with van der Waals surface area (Å²) in [5, 5.41) is 4.44. The van der Waals surface area contributed by atoms with Crippen LogP contribution in [0, 0.1) is 13.8 Å². The number of hydrogen-bond donors (Lipinski definition) is 2. The second-order valence-electron chi connectivity index (χ2n) is 5.61. The summed E-state index contributed by atoms with van der Waals surface area (Å²) < 4.78 is 1.90. The molecule has 0 atom stereocenters. The molecule has 112 valence electrons. The molecule has 0 bridgehead atoms. The Bertz CT molecular complexity index is 745. The average molecular weight is 288 g/mol. The highest BCUT2D eigenvalue weighted by Crippen LogP contribution is 2.20. The molecule has 0 amide bonds. The molecule has 0 spiro atoms. The summed E-state index contributed by atoms with van der Waals surface area (Å²) in [5.41, 5.74) is 10.5. The maximum absolute atomic E-state index is 12.0. The van der Waals surface area contributed by atoms with Crippen LogP contribution in [0.1, 0.15) is 28.2 Å². The van der Waals surface area contributed by atoms with E-state index in [4.69, 9.17) is 5.73 Å². The van der Waals surface area contributed by atoms with E-state index in [1.807, 2.05) is 18.7 Å². The molecule has 0 aliphatic carbocycles. The number of nitrogen functional groups attached to an aromatic ring is 1. The Hall–Kier alpha value is -2.15. The largest absolute Gasteiger partial charge is 0.369 e. The quantitative estimate of drug-likeness (QED) is 0.827. The van der Waals surface area contributed by atoms with Crippen molar-refractivity contribution in [2.24, 2.45) is 7.05 Å². The second-order valence-corrected chi connectivity index (χ2v) is 5.61. The molecule has 0 saturated heterocycles. The number of nitrogens with zero attached hydrogens (tertiary/aromatic N) is 4. The van der Waals surface area contributed by atoms with Gasteiger partial charge >= 0.3 is 0 Å². The van der Waals surface area contributed by atoms with E-state index in [0.29, 0.717) is 6.54 Å². The zero-order valence-corrected chi connectivity index (χ0v) is 12.6.